The van der Waals surface area contributed by atoms with Gasteiger partial charge in [-0.1, -0.05) is 18.2 Å². The lowest BCUT2D eigenvalue weighted by atomic mass is 10.2. The molecule has 0 unspecified atom stereocenters. The zero-order chi connectivity index (χ0) is 17.9. The number of aromatic nitrogens is 2. The number of benzene rings is 2. The van der Waals surface area contributed by atoms with Crippen LogP contribution in [0.15, 0.2) is 76.1 Å². The van der Waals surface area contributed by atoms with Crippen LogP contribution in [0.25, 0.3) is 28.7 Å². The van der Waals surface area contributed by atoms with Gasteiger partial charge >= 0.3 is 0 Å². The average molecular weight is 344 g/mol. The van der Waals surface area contributed by atoms with E-state index in [2.05, 4.69) is 4.98 Å². The highest BCUT2D eigenvalue weighted by Crippen LogP contribution is 2.19. The van der Waals surface area contributed by atoms with Crippen molar-refractivity contribution in [2.24, 2.45) is 0 Å². The molecular weight excluding hydrogens is 328 g/mol. The van der Waals surface area contributed by atoms with Crippen LogP contribution in [0.5, 0.6) is 5.75 Å². The van der Waals surface area contributed by atoms with E-state index in [1.807, 2.05) is 54.6 Å². The van der Waals surface area contributed by atoms with E-state index in [9.17, 15) is 4.79 Å². The fraction of sp³-hybridized carbons (Fsp3) is 0.0476. The molecule has 0 fully saturated rings. The standard InChI is InChI=1S/C21H16N2O3/c1-25-17-7-4-6-15(14-17)23-20(12-11-16-8-5-13-26-16)22-19-10-3-2-9-18(19)21(23)24/h2-14H,1H3/b12-11+. The van der Waals surface area contributed by atoms with E-state index < -0.39 is 0 Å². The summed E-state index contributed by atoms with van der Waals surface area (Å²) in [6.45, 7) is 0. The number of hydrogen-bond donors (Lipinski definition) is 0. The first-order valence-corrected chi connectivity index (χ1v) is 8.14. The van der Waals surface area contributed by atoms with Gasteiger partial charge < -0.3 is 9.15 Å². The lowest BCUT2D eigenvalue weighted by molar-refractivity contribution is 0.414. The average Bonchev–Trinajstić information content (AvgIpc) is 3.20. The van der Waals surface area contributed by atoms with Gasteiger partial charge in [0.15, 0.2) is 0 Å². The van der Waals surface area contributed by atoms with E-state index in [1.165, 1.54) is 0 Å². The zero-order valence-electron chi connectivity index (χ0n) is 14.1. The van der Waals surface area contributed by atoms with Crippen LogP contribution in [0.1, 0.15) is 11.6 Å². The van der Waals surface area contributed by atoms with Crippen LogP contribution >= 0.6 is 0 Å². The number of furan rings is 1. The summed E-state index contributed by atoms with van der Waals surface area (Å²) in [5, 5.41) is 0.561. The number of hydrogen-bond acceptors (Lipinski definition) is 4. The maximum atomic E-state index is 13.1. The fourth-order valence-electron chi connectivity index (χ4n) is 2.80. The third kappa shape index (κ3) is 2.91. The monoisotopic (exact) mass is 344 g/mol. The van der Waals surface area contributed by atoms with Crippen molar-refractivity contribution in [3.63, 3.8) is 0 Å². The van der Waals surface area contributed by atoms with Crippen LogP contribution in [-0.4, -0.2) is 16.7 Å². The van der Waals surface area contributed by atoms with Crippen molar-refractivity contribution < 1.29 is 9.15 Å². The molecule has 2 aromatic carbocycles. The molecule has 0 radical (unpaired) electrons. The van der Waals surface area contributed by atoms with Crippen LogP contribution in [0.3, 0.4) is 0 Å². The summed E-state index contributed by atoms with van der Waals surface area (Å²) in [6, 6.07) is 18.3. The Hall–Kier alpha value is -3.60. The summed E-state index contributed by atoms with van der Waals surface area (Å²) < 4.78 is 12.2. The molecule has 0 bridgehead atoms. The van der Waals surface area contributed by atoms with Crippen molar-refractivity contribution in [3.05, 3.63) is 88.9 Å². The molecule has 0 saturated carbocycles. The maximum absolute atomic E-state index is 13.1. The van der Waals surface area contributed by atoms with Gasteiger partial charge in [-0.15, -0.1) is 0 Å². The lowest BCUT2D eigenvalue weighted by Crippen LogP contribution is -2.22. The van der Waals surface area contributed by atoms with Crippen LogP contribution < -0.4 is 10.3 Å². The highest BCUT2D eigenvalue weighted by atomic mass is 16.5. The highest BCUT2D eigenvalue weighted by molar-refractivity contribution is 5.79. The van der Waals surface area contributed by atoms with E-state index in [0.29, 0.717) is 33.9 Å². The number of rotatable bonds is 4. The summed E-state index contributed by atoms with van der Waals surface area (Å²) in [5.41, 5.74) is 1.20. The Morgan fingerprint density at radius 3 is 2.73 bits per heavy atom. The smallest absolute Gasteiger partial charge is 0.266 e. The Kier molecular flexibility index (Phi) is 4.11. The molecule has 4 rings (SSSR count). The molecule has 128 valence electrons. The Bertz CT molecular complexity index is 1140. The minimum atomic E-state index is -0.136. The van der Waals surface area contributed by atoms with Crippen LogP contribution in [0, 0.1) is 0 Å². The summed E-state index contributed by atoms with van der Waals surface area (Å²) in [6.07, 6.45) is 5.15. The van der Waals surface area contributed by atoms with Gasteiger partial charge in [-0.05, 0) is 48.6 Å². The molecule has 4 aromatic rings. The van der Waals surface area contributed by atoms with Gasteiger partial charge in [0.05, 0.1) is 30.0 Å². The van der Waals surface area contributed by atoms with E-state index in [-0.39, 0.29) is 5.56 Å². The van der Waals surface area contributed by atoms with Gasteiger partial charge in [0.25, 0.3) is 5.56 Å². The number of ether oxygens (including phenoxy) is 1. The van der Waals surface area contributed by atoms with Crippen LogP contribution in [0.4, 0.5) is 0 Å². The molecule has 0 spiro atoms. The second kappa shape index (κ2) is 6.72. The molecule has 0 aliphatic heterocycles. The van der Waals surface area contributed by atoms with Gasteiger partial charge in [0.1, 0.15) is 17.3 Å². The number of nitrogens with zero attached hydrogens (tertiary/aromatic N) is 2. The summed E-state index contributed by atoms with van der Waals surface area (Å²) in [5.74, 6) is 1.87. The first kappa shape index (κ1) is 15.9. The van der Waals surface area contributed by atoms with Gasteiger partial charge in [0.2, 0.25) is 0 Å². The van der Waals surface area contributed by atoms with Crippen molar-refractivity contribution in [2.75, 3.05) is 7.11 Å². The predicted octanol–water partition coefficient (Wildman–Crippen LogP) is 4.16. The maximum Gasteiger partial charge on any atom is 0.266 e. The third-order valence-electron chi connectivity index (χ3n) is 4.05. The lowest BCUT2D eigenvalue weighted by Gasteiger charge is -2.12. The second-order valence-corrected chi connectivity index (χ2v) is 5.68. The number of methoxy groups -OCH3 is 1. The van der Waals surface area contributed by atoms with Crippen molar-refractivity contribution in [1.82, 2.24) is 9.55 Å². The van der Waals surface area contributed by atoms with Crippen molar-refractivity contribution >= 4 is 23.1 Å². The van der Waals surface area contributed by atoms with Crippen molar-refractivity contribution in [1.29, 1.82) is 0 Å². The topological polar surface area (TPSA) is 57.3 Å². The molecule has 0 N–H and O–H groups in total. The summed E-state index contributed by atoms with van der Waals surface area (Å²) in [4.78, 5) is 17.8. The third-order valence-corrected chi connectivity index (χ3v) is 4.05. The van der Waals surface area contributed by atoms with Crippen molar-refractivity contribution in [3.8, 4) is 11.4 Å². The van der Waals surface area contributed by atoms with E-state index in [1.54, 1.807) is 36.2 Å². The van der Waals surface area contributed by atoms with Gasteiger partial charge in [-0.3, -0.25) is 9.36 Å². The first-order valence-electron chi connectivity index (χ1n) is 8.14. The van der Waals surface area contributed by atoms with E-state index in [4.69, 9.17) is 9.15 Å². The molecule has 0 aliphatic carbocycles. The Morgan fingerprint density at radius 2 is 1.92 bits per heavy atom. The molecule has 0 amide bonds. The molecule has 0 aliphatic rings. The minimum Gasteiger partial charge on any atom is -0.497 e. The van der Waals surface area contributed by atoms with Gasteiger partial charge in [0, 0.05) is 6.07 Å². The zero-order valence-corrected chi connectivity index (χ0v) is 14.1. The number of para-hydroxylation sites is 1. The van der Waals surface area contributed by atoms with Crippen LogP contribution in [0.2, 0.25) is 0 Å². The van der Waals surface area contributed by atoms with E-state index >= 15 is 0 Å². The SMILES string of the molecule is COc1cccc(-n2c(/C=C/c3ccco3)nc3ccccc3c2=O)c1. The van der Waals surface area contributed by atoms with Crippen LogP contribution in [-0.2, 0) is 0 Å². The second-order valence-electron chi connectivity index (χ2n) is 5.68. The number of fused-ring (bicyclic) bond motifs is 1. The predicted molar refractivity (Wildman–Crippen MR) is 102 cm³/mol. The summed E-state index contributed by atoms with van der Waals surface area (Å²) >= 11 is 0. The molecular formula is C21H16N2O3. The minimum absolute atomic E-state index is 0.136. The molecule has 5 heteroatoms. The summed E-state index contributed by atoms with van der Waals surface area (Å²) in [7, 11) is 1.60. The van der Waals surface area contributed by atoms with Crippen molar-refractivity contribution in [2.45, 2.75) is 0 Å². The Labute approximate surface area is 149 Å². The van der Waals surface area contributed by atoms with Gasteiger partial charge in [-0.2, -0.15) is 0 Å². The molecule has 2 aromatic heterocycles. The van der Waals surface area contributed by atoms with Gasteiger partial charge in [-0.25, -0.2) is 4.98 Å². The van der Waals surface area contributed by atoms with E-state index in [0.717, 1.165) is 0 Å². The molecule has 5 nitrogen and oxygen atoms in total. The first-order chi connectivity index (χ1) is 12.8. The molecule has 0 atom stereocenters. The Morgan fingerprint density at radius 1 is 1.04 bits per heavy atom. The molecule has 0 saturated heterocycles. The largest absolute Gasteiger partial charge is 0.497 e. The fourth-order valence-corrected chi connectivity index (χ4v) is 2.80. The Balaban J connectivity index is 1.97. The normalized spacial score (nSPS) is 11.3. The highest BCUT2D eigenvalue weighted by Gasteiger charge is 2.11. The molecule has 2 heterocycles. The molecule has 26 heavy (non-hydrogen) atoms. The quantitative estimate of drug-likeness (QED) is 0.558.